The maximum Gasteiger partial charge on any atom is 0.425 e. The van der Waals surface area contributed by atoms with E-state index < -0.39 is 52.5 Å². The van der Waals surface area contributed by atoms with Crippen molar-refractivity contribution >= 4 is 11.6 Å². The van der Waals surface area contributed by atoms with Crippen LogP contribution in [0.15, 0.2) is 35.1 Å². The zero-order valence-electron chi connectivity index (χ0n) is 18.9. The van der Waals surface area contributed by atoms with E-state index in [2.05, 4.69) is 10.4 Å². The van der Waals surface area contributed by atoms with Gasteiger partial charge in [0.1, 0.15) is 28.9 Å². The van der Waals surface area contributed by atoms with E-state index in [1.807, 2.05) is 0 Å². The van der Waals surface area contributed by atoms with E-state index in [0.717, 1.165) is 29.7 Å². The van der Waals surface area contributed by atoms with Crippen molar-refractivity contribution in [2.24, 2.45) is 0 Å². The Balaban J connectivity index is 1.81. The van der Waals surface area contributed by atoms with Crippen LogP contribution < -0.4 is 15.7 Å². The summed E-state index contributed by atoms with van der Waals surface area (Å²) in [5.74, 6) is -3.33. The number of carbonyl (C=O) groups is 1. The third-order valence-electron chi connectivity index (χ3n) is 5.64. The molecule has 12 heteroatoms. The van der Waals surface area contributed by atoms with Gasteiger partial charge in [0, 0.05) is 12.1 Å². The van der Waals surface area contributed by atoms with Crippen LogP contribution in [0.1, 0.15) is 47.6 Å². The average Bonchev–Trinajstić information content (AvgIpc) is 3.55. The predicted octanol–water partition coefficient (Wildman–Crippen LogP) is 4.85. The van der Waals surface area contributed by atoms with Crippen LogP contribution in [0.4, 0.5) is 27.6 Å². The molecular formula is C23H21F5N4O3. The third-order valence-corrected chi connectivity index (χ3v) is 5.64. The lowest BCUT2D eigenvalue weighted by Gasteiger charge is -2.20. The number of ether oxygens (including phenoxy) is 1. The third kappa shape index (κ3) is 4.77. The lowest BCUT2D eigenvalue weighted by molar-refractivity contribution is -0.189. The molecule has 1 heterocycles. The number of anilines is 1. The molecule has 0 spiro atoms. The summed E-state index contributed by atoms with van der Waals surface area (Å²) in [5, 5.41) is 6.29. The van der Waals surface area contributed by atoms with Crippen LogP contribution in [-0.4, -0.2) is 32.5 Å². The van der Waals surface area contributed by atoms with E-state index in [1.54, 1.807) is 6.92 Å². The van der Waals surface area contributed by atoms with Gasteiger partial charge in [0.2, 0.25) is 0 Å². The summed E-state index contributed by atoms with van der Waals surface area (Å²) in [4.78, 5) is 25.7. The minimum Gasteiger partial charge on any atom is -0.480 e. The number of benzene rings is 2. The first-order valence-electron chi connectivity index (χ1n) is 10.7. The van der Waals surface area contributed by atoms with Crippen LogP contribution in [-0.2, 0) is 0 Å². The highest BCUT2D eigenvalue weighted by Crippen LogP contribution is 2.35. The van der Waals surface area contributed by atoms with Gasteiger partial charge in [-0.15, -0.1) is 0 Å². The highest BCUT2D eigenvalue weighted by molar-refractivity contribution is 6.06. The highest BCUT2D eigenvalue weighted by atomic mass is 19.4. The molecule has 1 aliphatic carbocycles. The minimum atomic E-state index is -4.80. The summed E-state index contributed by atoms with van der Waals surface area (Å²) < 4.78 is 76.1. The van der Waals surface area contributed by atoms with Crippen molar-refractivity contribution in [3.63, 3.8) is 0 Å². The summed E-state index contributed by atoms with van der Waals surface area (Å²) in [5.41, 5.74) is -1.64. The van der Waals surface area contributed by atoms with Gasteiger partial charge in [0.15, 0.2) is 6.10 Å². The van der Waals surface area contributed by atoms with Gasteiger partial charge in [-0.1, -0.05) is 12.1 Å². The largest absolute Gasteiger partial charge is 0.480 e. The molecule has 0 aliphatic heterocycles. The van der Waals surface area contributed by atoms with Gasteiger partial charge in [-0.05, 0) is 51.3 Å². The van der Waals surface area contributed by atoms with E-state index in [-0.39, 0.29) is 11.7 Å². The fourth-order valence-electron chi connectivity index (χ4n) is 3.59. The number of rotatable bonds is 6. The van der Waals surface area contributed by atoms with E-state index in [0.29, 0.717) is 24.4 Å². The second-order valence-electron chi connectivity index (χ2n) is 8.33. The van der Waals surface area contributed by atoms with E-state index in [4.69, 9.17) is 4.74 Å². The summed E-state index contributed by atoms with van der Waals surface area (Å²) >= 11 is 0. The SMILES string of the molecule is Cc1cccc(F)c1NC(=O)c1cc(F)c(-n2nc(C)n(C3CC3)c2=O)cc1O[C@@H](C)C(F)(F)F. The van der Waals surface area contributed by atoms with Crippen molar-refractivity contribution in [3.8, 4) is 11.4 Å². The highest BCUT2D eigenvalue weighted by Gasteiger charge is 2.39. The van der Waals surface area contributed by atoms with Crippen molar-refractivity contribution < 1.29 is 31.5 Å². The minimum absolute atomic E-state index is 0.0747. The molecule has 1 fully saturated rings. The van der Waals surface area contributed by atoms with Crippen LogP contribution >= 0.6 is 0 Å². The van der Waals surface area contributed by atoms with E-state index >= 15 is 4.39 Å². The van der Waals surface area contributed by atoms with E-state index in [9.17, 15) is 27.2 Å². The number of amides is 1. The molecule has 2 aromatic carbocycles. The number of hydrogen-bond donors (Lipinski definition) is 1. The molecule has 186 valence electrons. The number of hydrogen-bond acceptors (Lipinski definition) is 4. The molecule has 1 aromatic heterocycles. The van der Waals surface area contributed by atoms with Crippen LogP contribution in [0.5, 0.6) is 5.75 Å². The van der Waals surface area contributed by atoms with Crippen molar-refractivity contribution in [3.05, 3.63) is 69.4 Å². The van der Waals surface area contributed by atoms with Gasteiger partial charge in [-0.3, -0.25) is 9.36 Å². The number of para-hydroxylation sites is 1. The van der Waals surface area contributed by atoms with Gasteiger partial charge in [0.25, 0.3) is 5.91 Å². The smallest absolute Gasteiger partial charge is 0.425 e. The van der Waals surface area contributed by atoms with Crippen molar-refractivity contribution in [1.82, 2.24) is 14.3 Å². The van der Waals surface area contributed by atoms with E-state index in [1.165, 1.54) is 23.6 Å². The molecule has 7 nitrogen and oxygen atoms in total. The summed E-state index contributed by atoms with van der Waals surface area (Å²) in [6, 6.07) is 5.38. The Hall–Kier alpha value is -3.70. The second-order valence-corrected chi connectivity index (χ2v) is 8.33. The fourth-order valence-corrected chi connectivity index (χ4v) is 3.59. The molecule has 1 N–H and O–H groups in total. The summed E-state index contributed by atoms with van der Waals surface area (Å²) in [6.45, 7) is 3.77. The number of carbonyl (C=O) groups excluding carboxylic acids is 1. The summed E-state index contributed by atoms with van der Waals surface area (Å²) in [7, 11) is 0. The maximum atomic E-state index is 15.1. The van der Waals surface area contributed by atoms with Crippen molar-refractivity contribution in [2.45, 2.75) is 51.9 Å². The number of aromatic nitrogens is 3. The van der Waals surface area contributed by atoms with Crippen LogP contribution in [0.25, 0.3) is 5.69 Å². The number of nitrogens with zero attached hydrogens (tertiary/aromatic N) is 3. The second kappa shape index (κ2) is 8.82. The predicted molar refractivity (Wildman–Crippen MR) is 116 cm³/mol. The van der Waals surface area contributed by atoms with Gasteiger partial charge >= 0.3 is 11.9 Å². The molecule has 1 aliphatic rings. The first-order chi connectivity index (χ1) is 16.4. The first kappa shape index (κ1) is 24.4. The van der Waals surface area contributed by atoms with Crippen LogP contribution in [0, 0.1) is 25.5 Å². The van der Waals surface area contributed by atoms with Gasteiger partial charge < -0.3 is 10.1 Å². The molecular weight excluding hydrogens is 475 g/mol. The zero-order chi connectivity index (χ0) is 25.7. The quantitative estimate of drug-likeness (QED) is 0.495. The van der Waals surface area contributed by atoms with Crippen LogP contribution in [0.2, 0.25) is 0 Å². The number of nitrogens with one attached hydrogen (secondary N) is 1. The number of halogens is 5. The molecule has 1 amide bonds. The topological polar surface area (TPSA) is 78.2 Å². The van der Waals surface area contributed by atoms with Crippen molar-refractivity contribution in [2.75, 3.05) is 5.32 Å². The molecule has 0 unspecified atom stereocenters. The Morgan fingerprint density at radius 2 is 1.86 bits per heavy atom. The van der Waals surface area contributed by atoms with Gasteiger partial charge in [0.05, 0.1) is 11.3 Å². The monoisotopic (exact) mass is 496 g/mol. The Labute approximate surface area is 196 Å². The Morgan fingerprint density at radius 3 is 2.46 bits per heavy atom. The van der Waals surface area contributed by atoms with Gasteiger partial charge in [-0.2, -0.15) is 23.0 Å². The standard InChI is InChI=1S/C23H21F5N4O3/c1-11-5-4-6-16(24)20(11)29-21(33)15-9-17(25)18(10-19(15)35-12(2)23(26,27)28)32-22(34)31(13(3)30-32)14-7-8-14/h4-6,9-10,12,14H,7-8H2,1-3H3,(H,29,33)/t12-/m0/s1. The number of alkyl halides is 3. The molecule has 0 radical (unpaired) electrons. The lowest BCUT2D eigenvalue weighted by Crippen LogP contribution is -2.32. The fraction of sp³-hybridized carbons (Fsp3) is 0.348. The molecule has 4 rings (SSSR count). The maximum absolute atomic E-state index is 15.1. The molecule has 0 bridgehead atoms. The van der Waals surface area contributed by atoms with Crippen molar-refractivity contribution in [1.29, 1.82) is 0 Å². The first-order valence-corrected chi connectivity index (χ1v) is 10.7. The number of aryl methyl sites for hydroxylation is 2. The Bertz CT molecular complexity index is 1340. The normalized spacial score (nSPS) is 14.6. The Morgan fingerprint density at radius 1 is 1.17 bits per heavy atom. The zero-order valence-corrected chi connectivity index (χ0v) is 18.9. The van der Waals surface area contributed by atoms with Gasteiger partial charge in [-0.25, -0.2) is 13.6 Å². The molecule has 3 aromatic rings. The molecule has 1 saturated carbocycles. The molecule has 35 heavy (non-hydrogen) atoms. The average molecular weight is 496 g/mol. The summed E-state index contributed by atoms with van der Waals surface area (Å²) in [6.07, 6.45) is -5.67. The molecule has 1 atom stereocenters. The molecule has 0 saturated heterocycles. The van der Waals surface area contributed by atoms with Crippen LogP contribution in [0.3, 0.4) is 0 Å². The lowest BCUT2D eigenvalue weighted by atomic mass is 10.1. The Kier molecular flexibility index (Phi) is 6.16.